The summed E-state index contributed by atoms with van der Waals surface area (Å²) in [5, 5.41) is 0. The van der Waals surface area contributed by atoms with Crippen molar-refractivity contribution >= 4 is 31.9 Å². The van der Waals surface area contributed by atoms with Crippen molar-refractivity contribution in [1.29, 1.82) is 0 Å². The minimum absolute atomic E-state index is 0.396. The molecule has 0 amide bonds. The first-order valence-electron chi connectivity index (χ1n) is 5.97. The van der Waals surface area contributed by atoms with Crippen LogP contribution in [-0.2, 0) is 6.18 Å². The second kappa shape index (κ2) is 6.40. The zero-order chi connectivity index (χ0) is 15.6. The summed E-state index contributed by atoms with van der Waals surface area (Å²) in [5.74, 6) is 0.609. The molecule has 0 aliphatic heterocycles. The fourth-order valence-electron chi connectivity index (χ4n) is 1.96. The van der Waals surface area contributed by atoms with Crippen molar-refractivity contribution in [3.63, 3.8) is 0 Å². The Morgan fingerprint density at radius 2 is 1.81 bits per heavy atom. The van der Waals surface area contributed by atoms with Crippen LogP contribution in [0, 0.1) is 0 Å². The third-order valence-corrected chi connectivity index (χ3v) is 4.49. The molecule has 6 heteroatoms. The first-order valence-corrected chi connectivity index (χ1v) is 7.68. The summed E-state index contributed by atoms with van der Waals surface area (Å²) in [6.45, 7) is 0. The second-order valence-electron chi connectivity index (χ2n) is 4.37. The highest BCUT2D eigenvalue weighted by Gasteiger charge is 2.31. The highest BCUT2D eigenvalue weighted by atomic mass is 79.9. The lowest BCUT2D eigenvalue weighted by atomic mass is 10.0. The van der Waals surface area contributed by atoms with Gasteiger partial charge in [0.1, 0.15) is 5.75 Å². The number of methoxy groups -OCH3 is 1. The number of hydrogen-bond acceptors (Lipinski definition) is 1. The average molecular weight is 424 g/mol. The van der Waals surface area contributed by atoms with E-state index in [4.69, 9.17) is 4.74 Å². The summed E-state index contributed by atoms with van der Waals surface area (Å²) >= 11 is 6.81. The Kier molecular flexibility index (Phi) is 4.99. The minimum Gasteiger partial charge on any atom is -0.496 e. The van der Waals surface area contributed by atoms with E-state index in [1.54, 1.807) is 12.1 Å². The summed E-state index contributed by atoms with van der Waals surface area (Å²) in [4.78, 5) is -0.396. The Bertz CT molecular complexity index is 641. The van der Waals surface area contributed by atoms with Gasteiger partial charge in [-0.05, 0) is 29.8 Å². The van der Waals surface area contributed by atoms with Crippen LogP contribution < -0.4 is 4.74 Å². The van der Waals surface area contributed by atoms with E-state index in [1.165, 1.54) is 13.2 Å². The maximum atomic E-state index is 12.8. The SMILES string of the molecule is COc1ccc(Br)cc1C(Br)c1cccc(C(F)(F)F)c1. The molecule has 1 unspecified atom stereocenters. The van der Waals surface area contributed by atoms with Gasteiger partial charge in [-0.15, -0.1) is 0 Å². The molecule has 0 radical (unpaired) electrons. The van der Waals surface area contributed by atoms with Crippen molar-refractivity contribution in [2.45, 2.75) is 11.0 Å². The number of ether oxygens (including phenoxy) is 1. The fraction of sp³-hybridized carbons (Fsp3) is 0.200. The summed E-state index contributed by atoms with van der Waals surface area (Å²) in [5.41, 5.74) is 0.603. The molecule has 112 valence electrons. The Labute approximate surface area is 137 Å². The average Bonchev–Trinajstić information content (AvgIpc) is 2.45. The summed E-state index contributed by atoms with van der Waals surface area (Å²) in [6.07, 6.45) is -4.36. The van der Waals surface area contributed by atoms with Gasteiger partial charge in [0.25, 0.3) is 0 Å². The van der Waals surface area contributed by atoms with Crippen LogP contribution >= 0.6 is 31.9 Å². The van der Waals surface area contributed by atoms with Crippen LogP contribution in [0.5, 0.6) is 5.75 Å². The van der Waals surface area contributed by atoms with E-state index in [0.29, 0.717) is 11.3 Å². The summed E-state index contributed by atoms with van der Waals surface area (Å²) in [6, 6.07) is 10.6. The normalized spacial score (nSPS) is 13.0. The summed E-state index contributed by atoms with van der Waals surface area (Å²) < 4.78 is 44.5. The molecule has 0 aliphatic carbocycles. The van der Waals surface area contributed by atoms with Crippen molar-refractivity contribution in [3.05, 3.63) is 63.6 Å². The van der Waals surface area contributed by atoms with Crippen LogP contribution in [0.1, 0.15) is 21.5 Å². The van der Waals surface area contributed by atoms with E-state index in [1.807, 2.05) is 12.1 Å². The molecule has 2 aromatic rings. The van der Waals surface area contributed by atoms with Gasteiger partial charge < -0.3 is 4.74 Å². The standard InChI is InChI=1S/C15H11Br2F3O/c1-21-13-6-5-11(16)8-12(13)14(17)9-3-2-4-10(7-9)15(18,19)20/h2-8,14H,1H3. The molecular formula is C15H11Br2F3O. The van der Waals surface area contributed by atoms with Crippen LogP contribution in [0.2, 0.25) is 0 Å². The van der Waals surface area contributed by atoms with Crippen LogP contribution in [0.25, 0.3) is 0 Å². The molecule has 2 aromatic carbocycles. The van der Waals surface area contributed by atoms with Crippen molar-refractivity contribution in [2.24, 2.45) is 0 Å². The number of alkyl halides is 4. The van der Waals surface area contributed by atoms with Gasteiger partial charge in [-0.1, -0.05) is 50.1 Å². The lowest BCUT2D eigenvalue weighted by Gasteiger charge is -2.16. The molecule has 1 nitrogen and oxygen atoms in total. The van der Waals surface area contributed by atoms with Crippen molar-refractivity contribution < 1.29 is 17.9 Å². The largest absolute Gasteiger partial charge is 0.496 e. The zero-order valence-corrected chi connectivity index (χ0v) is 14.1. The molecule has 0 saturated carbocycles. The Hall–Kier alpha value is -1.01. The lowest BCUT2D eigenvalue weighted by Crippen LogP contribution is -2.06. The van der Waals surface area contributed by atoms with Crippen LogP contribution in [0.15, 0.2) is 46.9 Å². The predicted molar refractivity (Wildman–Crippen MR) is 82.9 cm³/mol. The third kappa shape index (κ3) is 3.80. The van der Waals surface area contributed by atoms with Crippen molar-refractivity contribution in [3.8, 4) is 5.75 Å². The third-order valence-electron chi connectivity index (χ3n) is 2.97. The maximum Gasteiger partial charge on any atom is 0.416 e. The molecular weight excluding hydrogens is 413 g/mol. The van der Waals surface area contributed by atoms with E-state index >= 15 is 0 Å². The molecule has 0 N–H and O–H groups in total. The van der Waals surface area contributed by atoms with Crippen molar-refractivity contribution in [2.75, 3.05) is 7.11 Å². The molecule has 0 aromatic heterocycles. The molecule has 0 spiro atoms. The van der Waals surface area contributed by atoms with Gasteiger partial charge in [-0.2, -0.15) is 13.2 Å². The molecule has 2 rings (SSSR count). The number of rotatable bonds is 3. The van der Waals surface area contributed by atoms with Crippen LogP contribution in [0.4, 0.5) is 13.2 Å². The molecule has 0 heterocycles. The minimum atomic E-state index is -4.36. The van der Waals surface area contributed by atoms with Crippen molar-refractivity contribution in [1.82, 2.24) is 0 Å². The Morgan fingerprint density at radius 1 is 1.10 bits per heavy atom. The number of halogens is 5. The van der Waals surface area contributed by atoms with Gasteiger partial charge in [0.15, 0.2) is 0 Å². The maximum absolute atomic E-state index is 12.8. The van der Waals surface area contributed by atoms with Gasteiger partial charge in [0, 0.05) is 10.0 Å². The van der Waals surface area contributed by atoms with E-state index in [9.17, 15) is 13.2 Å². The summed E-state index contributed by atoms with van der Waals surface area (Å²) in [7, 11) is 1.53. The Balaban J connectivity index is 2.45. The highest BCUT2D eigenvalue weighted by molar-refractivity contribution is 9.10. The van der Waals surface area contributed by atoms with Gasteiger partial charge in [0.2, 0.25) is 0 Å². The smallest absolute Gasteiger partial charge is 0.416 e. The quantitative estimate of drug-likeness (QED) is 0.553. The van der Waals surface area contributed by atoms with Gasteiger partial charge in [-0.25, -0.2) is 0 Å². The Morgan fingerprint density at radius 3 is 2.43 bits per heavy atom. The van der Waals surface area contributed by atoms with Gasteiger partial charge >= 0.3 is 6.18 Å². The molecule has 0 bridgehead atoms. The molecule has 0 saturated heterocycles. The van der Waals surface area contributed by atoms with E-state index in [2.05, 4.69) is 31.9 Å². The number of benzene rings is 2. The molecule has 1 atom stereocenters. The highest BCUT2D eigenvalue weighted by Crippen LogP contribution is 2.39. The molecule has 0 fully saturated rings. The lowest BCUT2D eigenvalue weighted by molar-refractivity contribution is -0.137. The van der Waals surface area contributed by atoms with E-state index in [0.717, 1.165) is 22.2 Å². The van der Waals surface area contributed by atoms with Gasteiger partial charge in [-0.3, -0.25) is 0 Å². The first kappa shape index (κ1) is 16.4. The monoisotopic (exact) mass is 422 g/mol. The van der Waals surface area contributed by atoms with E-state index < -0.39 is 16.6 Å². The van der Waals surface area contributed by atoms with Gasteiger partial charge in [0.05, 0.1) is 17.5 Å². The van der Waals surface area contributed by atoms with Crippen LogP contribution in [0.3, 0.4) is 0 Å². The second-order valence-corrected chi connectivity index (χ2v) is 6.20. The fourth-order valence-corrected chi connectivity index (χ4v) is 2.98. The van der Waals surface area contributed by atoms with E-state index in [-0.39, 0.29) is 0 Å². The molecule has 0 aliphatic rings. The molecule has 21 heavy (non-hydrogen) atoms. The first-order chi connectivity index (χ1) is 9.82. The van der Waals surface area contributed by atoms with Crippen LogP contribution in [-0.4, -0.2) is 7.11 Å². The topological polar surface area (TPSA) is 9.23 Å². The number of hydrogen-bond donors (Lipinski definition) is 0. The predicted octanol–water partition coefficient (Wildman–Crippen LogP) is 5.96. The zero-order valence-electron chi connectivity index (χ0n) is 10.9.